The molecule has 0 fully saturated rings. The Balaban J connectivity index is 2.92. The van der Waals surface area contributed by atoms with Gasteiger partial charge in [0.05, 0.1) is 12.8 Å². The van der Waals surface area contributed by atoms with E-state index < -0.39 is 0 Å². The Morgan fingerprint density at radius 3 is 2.56 bits per heavy atom. The summed E-state index contributed by atoms with van der Waals surface area (Å²) in [4.78, 5) is 11.8. The summed E-state index contributed by atoms with van der Waals surface area (Å²) >= 11 is 0. The van der Waals surface area contributed by atoms with Crippen molar-refractivity contribution < 1.29 is 9.53 Å². The third kappa shape index (κ3) is 3.92. The molecular weight excluding hydrogens is 230 g/mol. The molecule has 0 aliphatic rings. The number of hydrogen-bond donors (Lipinski definition) is 3. The normalized spacial score (nSPS) is 10.9. The van der Waals surface area contributed by atoms with E-state index in [1.54, 1.807) is 13.2 Å². The Morgan fingerprint density at radius 2 is 2.06 bits per heavy atom. The van der Waals surface area contributed by atoms with Crippen LogP contribution in [-0.4, -0.2) is 18.7 Å². The first-order valence-electron chi connectivity index (χ1n) is 5.82. The van der Waals surface area contributed by atoms with Gasteiger partial charge in [-0.1, -0.05) is 12.1 Å². The number of methoxy groups -OCH3 is 1. The minimum absolute atomic E-state index is 0.276. The second-order valence-electron chi connectivity index (χ2n) is 5.03. The fourth-order valence-corrected chi connectivity index (χ4v) is 1.54. The molecule has 100 valence electrons. The summed E-state index contributed by atoms with van der Waals surface area (Å²) in [6, 6.07) is 5.20. The molecule has 1 rings (SSSR count). The Kier molecular flexibility index (Phi) is 4.55. The van der Waals surface area contributed by atoms with Crippen molar-refractivity contribution in [2.24, 2.45) is 5.73 Å². The molecule has 0 heterocycles. The van der Waals surface area contributed by atoms with Crippen molar-refractivity contribution in [1.82, 2.24) is 5.32 Å². The Hall–Kier alpha value is -1.75. The van der Waals surface area contributed by atoms with E-state index in [-0.39, 0.29) is 11.6 Å². The molecule has 0 saturated heterocycles. The minimum Gasteiger partial charge on any atom is -0.495 e. The Labute approximate surface area is 108 Å². The molecule has 0 aromatic heterocycles. The molecule has 0 saturated carbocycles. The van der Waals surface area contributed by atoms with Gasteiger partial charge >= 0.3 is 6.03 Å². The van der Waals surface area contributed by atoms with E-state index in [4.69, 9.17) is 10.5 Å². The zero-order chi connectivity index (χ0) is 13.8. The first kappa shape index (κ1) is 14.3. The van der Waals surface area contributed by atoms with Crippen LogP contribution >= 0.6 is 0 Å². The number of urea groups is 1. The molecule has 0 atom stereocenters. The molecule has 2 amide bonds. The molecule has 0 spiro atoms. The van der Waals surface area contributed by atoms with Gasteiger partial charge in [-0.2, -0.15) is 0 Å². The molecule has 0 aliphatic heterocycles. The topological polar surface area (TPSA) is 76.4 Å². The monoisotopic (exact) mass is 251 g/mol. The lowest BCUT2D eigenvalue weighted by atomic mass is 10.1. The smallest absolute Gasteiger partial charge is 0.319 e. The highest BCUT2D eigenvalue weighted by Gasteiger charge is 2.16. The number of rotatable bonds is 3. The summed E-state index contributed by atoms with van der Waals surface area (Å²) in [6.45, 7) is 6.08. The van der Waals surface area contributed by atoms with Crippen molar-refractivity contribution in [2.75, 3.05) is 12.4 Å². The van der Waals surface area contributed by atoms with Crippen LogP contribution in [0, 0.1) is 0 Å². The highest BCUT2D eigenvalue weighted by molar-refractivity contribution is 5.92. The van der Waals surface area contributed by atoms with Gasteiger partial charge in [-0.05, 0) is 32.4 Å². The molecule has 0 unspecified atom stereocenters. The van der Waals surface area contributed by atoms with Gasteiger partial charge in [-0.15, -0.1) is 0 Å². The zero-order valence-corrected chi connectivity index (χ0v) is 11.3. The van der Waals surface area contributed by atoms with Crippen LogP contribution in [0.2, 0.25) is 0 Å². The molecule has 0 aliphatic carbocycles. The number of amides is 2. The minimum atomic E-state index is -0.297. The van der Waals surface area contributed by atoms with E-state index in [9.17, 15) is 4.79 Å². The third-order valence-corrected chi connectivity index (χ3v) is 2.28. The summed E-state index contributed by atoms with van der Waals surface area (Å²) in [5.74, 6) is 0.599. The number of nitrogens with two attached hydrogens (primary N) is 1. The highest BCUT2D eigenvalue weighted by atomic mass is 16.5. The summed E-state index contributed by atoms with van der Waals surface area (Å²) in [5, 5.41) is 5.61. The SMILES string of the molecule is COc1cccc(CN)c1NC(=O)NC(C)(C)C. The van der Waals surface area contributed by atoms with Crippen molar-refractivity contribution in [3.05, 3.63) is 23.8 Å². The molecular formula is C13H21N3O2. The average molecular weight is 251 g/mol. The molecule has 1 aromatic carbocycles. The molecule has 5 heteroatoms. The number of para-hydroxylation sites is 1. The Bertz CT molecular complexity index is 402. The van der Waals surface area contributed by atoms with Crippen LogP contribution in [0.1, 0.15) is 26.3 Å². The molecule has 0 bridgehead atoms. The maximum Gasteiger partial charge on any atom is 0.319 e. The number of carbonyl (C=O) groups excluding carboxylic acids is 1. The van der Waals surface area contributed by atoms with Crippen molar-refractivity contribution in [3.63, 3.8) is 0 Å². The average Bonchev–Trinajstić information content (AvgIpc) is 2.26. The Morgan fingerprint density at radius 1 is 1.39 bits per heavy atom. The van der Waals surface area contributed by atoms with Gasteiger partial charge in [-0.25, -0.2) is 4.79 Å². The maximum atomic E-state index is 11.8. The van der Waals surface area contributed by atoms with Gasteiger partial charge in [0.2, 0.25) is 0 Å². The van der Waals surface area contributed by atoms with Gasteiger partial charge in [0.25, 0.3) is 0 Å². The van der Waals surface area contributed by atoms with Crippen LogP contribution in [0.3, 0.4) is 0 Å². The number of carbonyl (C=O) groups is 1. The van der Waals surface area contributed by atoms with E-state index in [1.165, 1.54) is 0 Å². The van der Waals surface area contributed by atoms with E-state index in [2.05, 4.69) is 10.6 Å². The number of hydrogen-bond acceptors (Lipinski definition) is 3. The zero-order valence-electron chi connectivity index (χ0n) is 11.3. The third-order valence-electron chi connectivity index (χ3n) is 2.28. The van der Waals surface area contributed by atoms with Gasteiger partial charge in [0, 0.05) is 12.1 Å². The first-order valence-corrected chi connectivity index (χ1v) is 5.82. The fourth-order valence-electron chi connectivity index (χ4n) is 1.54. The van der Waals surface area contributed by atoms with Crippen molar-refractivity contribution in [2.45, 2.75) is 32.9 Å². The van der Waals surface area contributed by atoms with Gasteiger partial charge in [-0.3, -0.25) is 0 Å². The summed E-state index contributed by atoms with van der Waals surface area (Å²) in [5.41, 5.74) is 6.80. The molecule has 5 nitrogen and oxygen atoms in total. The second-order valence-corrected chi connectivity index (χ2v) is 5.03. The fraction of sp³-hybridized carbons (Fsp3) is 0.462. The molecule has 18 heavy (non-hydrogen) atoms. The lowest BCUT2D eigenvalue weighted by molar-refractivity contribution is 0.243. The number of nitrogens with one attached hydrogen (secondary N) is 2. The second kappa shape index (κ2) is 5.73. The van der Waals surface area contributed by atoms with Crippen molar-refractivity contribution >= 4 is 11.7 Å². The predicted molar refractivity (Wildman–Crippen MR) is 72.8 cm³/mol. The first-order chi connectivity index (χ1) is 8.37. The van der Waals surface area contributed by atoms with Gasteiger partial charge in [0.1, 0.15) is 5.75 Å². The summed E-state index contributed by atoms with van der Waals surface area (Å²) in [6.07, 6.45) is 0. The summed E-state index contributed by atoms with van der Waals surface area (Å²) < 4.78 is 5.22. The number of anilines is 1. The van der Waals surface area contributed by atoms with E-state index in [1.807, 2.05) is 32.9 Å². The lowest BCUT2D eigenvalue weighted by Gasteiger charge is -2.22. The molecule has 0 radical (unpaired) electrons. The molecule has 1 aromatic rings. The van der Waals surface area contributed by atoms with E-state index >= 15 is 0 Å². The van der Waals surface area contributed by atoms with Gasteiger partial charge < -0.3 is 21.1 Å². The van der Waals surface area contributed by atoms with E-state index in [0.717, 1.165) is 5.56 Å². The van der Waals surface area contributed by atoms with Crippen LogP contribution in [-0.2, 0) is 6.54 Å². The van der Waals surface area contributed by atoms with Crippen LogP contribution < -0.4 is 21.1 Å². The summed E-state index contributed by atoms with van der Waals surface area (Å²) in [7, 11) is 1.56. The lowest BCUT2D eigenvalue weighted by Crippen LogP contribution is -2.43. The van der Waals surface area contributed by atoms with Crippen LogP contribution in [0.25, 0.3) is 0 Å². The van der Waals surface area contributed by atoms with Gasteiger partial charge in [0.15, 0.2) is 0 Å². The van der Waals surface area contributed by atoms with Crippen LogP contribution in [0.15, 0.2) is 18.2 Å². The largest absolute Gasteiger partial charge is 0.495 e. The number of benzene rings is 1. The van der Waals surface area contributed by atoms with Crippen molar-refractivity contribution in [1.29, 1.82) is 0 Å². The van der Waals surface area contributed by atoms with E-state index in [0.29, 0.717) is 18.0 Å². The maximum absolute atomic E-state index is 11.8. The van der Waals surface area contributed by atoms with Crippen LogP contribution in [0.5, 0.6) is 5.75 Å². The standard InChI is InChI=1S/C13H21N3O2/c1-13(2,3)16-12(17)15-11-9(8-14)6-5-7-10(11)18-4/h5-7H,8,14H2,1-4H3,(H2,15,16,17). The van der Waals surface area contributed by atoms with Crippen LogP contribution in [0.4, 0.5) is 10.5 Å². The van der Waals surface area contributed by atoms with Crippen molar-refractivity contribution in [3.8, 4) is 5.75 Å². The number of ether oxygens (including phenoxy) is 1. The quantitative estimate of drug-likeness (QED) is 0.769. The predicted octanol–water partition coefficient (Wildman–Crippen LogP) is 2.07. The highest BCUT2D eigenvalue weighted by Crippen LogP contribution is 2.28. The molecule has 4 N–H and O–H groups in total.